The van der Waals surface area contributed by atoms with Crippen LogP contribution in [-0.4, -0.2) is 19.2 Å². The van der Waals surface area contributed by atoms with Gasteiger partial charge in [-0.05, 0) is 24.3 Å². The van der Waals surface area contributed by atoms with Crippen molar-refractivity contribution in [1.82, 2.24) is 4.98 Å². The Balaban J connectivity index is 1.77. The van der Waals surface area contributed by atoms with Gasteiger partial charge in [0.1, 0.15) is 11.5 Å². The fourth-order valence-corrected chi connectivity index (χ4v) is 3.77. The zero-order valence-corrected chi connectivity index (χ0v) is 13.5. The van der Waals surface area contributed by atoms with Crippen LogP contribution in [0.2, 0.25) is 0 Å². The fourth-order valence-electron chi connectivity index (χ4n) is 2.06. The van der Waals surface area contributed by atoms with E-state index < -0.39 is 0 Å². The lowest BCUT2D eigenvalue weighted by Crippen LogP contribution is -1.92. The molecule has 0 atom stereocenters. The van der Waals surface area contributed by atoms with Crippen LogP contribution >= 0.6 is 23.1 Å². The van der Waals surface area contributed by atoms with Crippen molar-refractivity contribution in [1.29, 1.82) is 0 Å². The number of nitrogens with zero attached hydrogens (tertiary/aromatic N) is 1. The van der Waals surface area contributed by atoms with Gasteiger partial charge < -0.3 is 9.47 Å². The van der Waals surface area contributed by atoms with E-state index in [0.717, 1.165) is 28.3 Å². The molecule has 0 N–H and O–H groups in total. The predicted octanol–water partition coefficient (Wildman–Crippen LogP) is 4.61. The maximum atomic E-state index is 5.43. The molecule has 0 unspecified atom stereocenters. The van der Waals surface area contributed by atoms with E-state index in [9.17, 15) is 0 Å². The molecule has 0 aliphatic rings. The zero-order chi connectivity index (χ0) is 14.7. The molecule has 0 radical (unpaired) electrons. The first-order chi connectivity index (χ1) is 10.3. The third kappa shape index (κ3) is 3.14. The van der Waals surface area contributed by atoms with E-state index in [2.05, 4.69) is 29.2 Å². The smallest absolute Gasteiger partial charge is 0.126 e. The van der Waals surface area contributed by atoms with E-state index in [1.165, 1.54) is 9.60 Å². The van der Waals surface area contributed by atoms with E-state index in [4.69, 9.17) is 9.47 Å². The molecule has 1 aromatic heterocycles. The Bertz CT molecular complexity index is 755. The summed E-state index contributed by atoms with van der Waals surface area (Å²) in [5.74, 6) is 2.53. The van der Waals surface area contributed by atoms with Gasteiger partial charge in [-0.1, -0.05) is 6.07 Å². The van der Waals surface area contributed by atoms with Crippen LogP contribution in [0.25, 0.3) is 10.2 Å². The second-order valence-electron chi connectivity index (χ2n) is 4.45. The minimum absolute atomic E-state index is 0.812. The molecule has 3 nitrogen and oxygen atoms in total. The number of methoxy groups -OCH3 is 2. The number of thiazole rings is 1. The van der Waals surface area contributed by atoms with Crippen molar-refractivity contribution < 1.29 is 9.47 Å². The summed E-state index contributed by atoms with van der Waals surface area (Å²) in [6, 6.07) is 12.3. The third-order valence-electron chi connectivity index (χ3n) is 3.19. The summed E-state index contributed by atoms with van der Waals surface area (Å²) in [5, 5.41) is 0. The summed E-state index contributed by atoms with van der Waals surface area (Å²) in [6.45, 7) is 0. The van der Waals surface area contributed by atoms with Crippen LogP contribution in [0.15, 0.2) is 46.8 Å². The van der Waals surface area contributed by atoms with Crippen LogP contribution in [0.4, 0.5) is 0 Å². The van der Waals surface area contributed by atoms with E-state index in [-0.39, 0.29) is 0 Å². The number of rotatable bonds is 5. The van der Waals surface area contributed by atoms with Crippen LogP contribution in [0, 0.1) is 0 Å². The van der Waals surface area contributed by atoms with Gasteiger partial charge in [-0.15, -0.1) is 23.1 Å². The van der Waals surface area contributed by atoms with Gasteiger partial charge in [-0.25, -0.2) is 4.98 Å². The molecule has 1 heterocycles. The van der Waals surface area contributed by atoms with Gasteiger partial charge in [0.15, 0.2) is 0 Å². The molecule has 0 amide bonds. The molecule has 108 valence electrons. The van der Waals surface area contributed by atoms with E-state index in [1.807, 2.05) is 17.6 Å². The average molecular weight is 317 g/mol. The summed E-state index contributed by atoms with van der Waals surface area (Å²) in [4.78, 5) is 5.54. The second kappa shape index (κ2) is 6.37. The first-order valence-corrected chi connectivity index (χ1v) is 8.33. The Labute approximate surface area is 131 Å². The Morgan fingerprint density at radius 2 is 2.00 bits per heavy atom. The van der Waals surface area contributed by atoms with Crippen molar-refractivity contribution in [2.45, 2.75) is 10.6 Å². The highest BCUT2D eigenvalue weighted by Gasteiger charge is 2.06. The molecule has 3 rings (SSSR count). The van der Waals surface area contributed by atoms with Crippen LogP contribution in [0.3, 0.4) is 0 Å². The van der Waals surface area contributed by atoms with Gasteiger partial charge >= 0.3 is 0 Å². The molecule has 5 heteroatoms. The SMILES string of the molecule is COc1ccc(CSc2ccc3ncsc3c2)c(OC)c1. The molecule has 0 saturated carbocycles. The predicted molar refractivity (Wildman–Crippen MR) is 88.7 cm³/mol. The third-order valence-corrected chi connectivity index (χ3v) is 5.03. The lowest BCUT2D eigenvalue weighted by atomic mass is 10.2. The standard InChI is InChI=1S/C16H15NO2S2/c1-18-12-4-3-11(15(7-12)19-2)9-20-13-5-6-14-16(8-13)21-10-17-14/h3-8,10H,9H2,1-2H3. The Kier molecular flexibility index (Phi) is 4.31. The summed E-state index contributed by atoms with van der Waals surface area (Å²) in [7, 11) is 3.35. The minimum atomic E-state index is 0.812. The van der Waals surface area contributed by atoms with Crippen LogP contribution in [-0.2, 0) is 5.75 Å². The lowest BCUT2D eigenvalue weighted by molar-refractivity contribution is 0.392. The Morgan fingerprint density at radius 3 is 2.81 bits per heavy atom. The van der Waals surface area contributed by atoms with Crippen molar-refractivity contribution in [2.75, 3.05) is 14.2 Å². The second-order valence-corrected chi connectivity index (χ2v) is 6.38. The molecule has 0 aliphatic carbocycles. The van der Waals surface area contributed by atoms with Gasteiger partial charge in [0.2, 0.25) is 0 Å². The number of fused-ring (bicyclic) bond motifs is 1. The van der Waals surface area contributed by atoms with Crippen molar-refractivity contribution in [3.8, 4) is 11.5 Å². The van der Waals surface area contributed by atoms with E-state index >= 15 is 0 Å². The first kappa shape index (κ1) is 14.2. The number of benzene rings is 2. The normalized spacial score (nSPS) is 10.8. The summed E-state index contributed by atoms with van der Waals surface area (Å²) < 4.78 is 11.9. The molecule has 0 bridgehead atoms. The van der Waals surface area contributed by atoms with Crippen molar-refractivity contribution >= 4 is 33.3 Å². The largest absolute Gasteiger partial charge is 0.497 e. The maximum absolute atomic E-state index is 5.43. The Morgan fingerprint density at radius 1 is 1.10 bits per heavy atom. The van der Waals surface area contributed by atoms with Gasteiger partial charge in [0.05, 0.1) is 29.9 Å². The van der Waals surface area contributed by atoms with E-state index in [0.29, 0.717) is 0 Å². The molecule has 0 saturated heterocycles. The number of hydrogen-bond acceptors (Lipinski definition) is 5. The molecule has 0 aliphatic heterocycles. The topological polar surface area (TPSA) is 31.4 Å². The average Bonchev–Trinajstić information content (AvgIpc) is 3.00. The highest BCUT2D eigenvalue weighted by atomic mass is 32.2. The lowest BCUT2D eigenvalue weighted by Gasteiger charge is -2.10. The number of thioether (sulfide) groups is 1. The van der Waals surface area contributed by atoms with Crippen LogP contribution in [0.1, 0.15) is 5.56 Å². The summed E-state index contributed by atoms with van der Waals surface area (Å²) in [6.07, 6.45) is 0. The monoisotopic (exact) mass is 317 g/mol. The fraction of sp³-hybridized carbons (Fsp3) is 0.188. The van der Waals surface area contributed by atoms with Crippen molar-refractivity contribution in [3.63, 3.8) is 0 Å². The van der Waals surface area contributed by atoms with Gasteiger partial charge in [-0.2, -0.15) is 0 Å². The molecular formula is C16H15NO2S2. The molecule has 0 spiro atoms. The molecule has 2 aromatic carbocycles. The summed E-state index contributed by atoms with van der Waals surface area (Å²) >= 11 is 3.46. The highest BCUT2D eigenvalue weighted by molar-refractivity contribution is 7.98. The molecular weight excluding hydrogens is 302 g/mol. The van der Waals surface area contributed by atoms with Gasteiger partial charge in [-0.3, -0.25) is 0 Å². The number of aromatic nitrogens is 1. The van der Waals surface area contributed by atoms with Gasteiger partial charge in [0.25, 0.3) is 0 Å². The van der Waals surface area contributed by atoms with Crippen molar-refractivity contribution in [3.05, 3.63) is 47.5 Å². The maximum Gasteiger partial charge on any atom is 0.126 e. The summed E-state index contributed by atoms with van der Waals surface area (Å²) in [5.41, 5.74) is 4.10. The Hall–Kier alpha value is -1.72. The van der Waals surface area contributed by atoms with Crippen LogP contribution < -0.4 is 9.47 Å². The zero-order valence-electron chi connectivity index (χ0n) is 11.8. The van der Waals surface area contributed by atoms with Crippen molar-refractivity contribution in [2.24, 2.45) is 0 Å². The number of hydrogen-bond donors (Lipinski definition) is 0. The first-order valence-electron chi connectivity index (χ1n) is 6.47. The minimum Gasteiger partial charge on any atom is -0.497 e. The quantitative estimate of drug-likeness (QED) is 0.643. The van der Waals surface area contributed by atoms with Gasteiger partial charge in [0, 0.05) is 22.3 Å². The molecule has 3 aromatic rings. The molecule has 0 fully saturated rings. The number of ether oxygens (including phenoxy) is 2. The van der Waals surface area contributed by atoms with Crippen LogP contribution in [0.5, 0.6) is 11.5 Å². The van der Waals surface area contributed by atoms with E-state index in [1.54, 1.807) is 37.3 Å². The highest BCUT2D eigenvalue weighted by Crippen LogP contribution is 2.32. The molecule has 21 heavy (non-hydrogen) atoms.